The second-order valence-corrected chi connectivity index (χ2v) is 4.16. The van der Waals surface area contributed by atoms with Crippen LogP contribution in [0.25, 0.3) is 0 Å². The first-order chi connectivity index (χ1) is 9.11. The fraction of sp³-hybridized carbons (Fsp3) is 0.429. The number of ether oxygens (including phenoxy) is 2. The van der Waals surface area contributed by atoms with Crippen molar-refractivity contribution in [3.05, 3.63) is 29.8 Å². The molecule has 0 aromatic heterocycles. The van der Waals surface area contributed by atoms with E-state index >= 15 is 0 Å². The summed E-state index contributed by atoms with van der Waals surface area (Å²) in [5, 5.41) is 0. The van der Waals surface area contributed by atoms with Crippen LogP contribution in [-0.4, -0.2) is 25.2 Å². The third-order valence-electron chi connectivity index (χ3n) is 2.41. The molecule has 0 heterocycles. The van der Waals surface area contributed by atoms with Crippen molar-refractivity contribution < 1.29 is 19.1 Å². The number of nitrogen functional groups attached to an aromatic ring is 1. The van der Waals surface area contributed by atoms with E-state index in [1.54, 1.807) is 24.3 Å². The van der Waals surface area contributed by atoms with E-state index in [1.807, 2.05) is 6.92 Å². The molecule has 1 aromatic rings. The highest BCUT2D eigenvalue weighted by molar-refractivity contribution is 5.77. The van der Waals surface area contributed by atoms with Crippen molar-refractivity contribution in [2.75, 3.05) is 18.9 Å². The Hall–Kier alpha value is -2.04. The Morgan fingerprint density at radius 1 is 1.21 bits per heavy atom. The highest BCUT2D eigenvalue weighted by Crippen LogP contribution is 2.07. The van der Waals surface area contributed by atoms with Gasteiger partial charge in [0.2, 0.25) is 0 Å². The maximum absolute atomic E-state index is 11.5. The lowest BCUT2D eigenvalue weighted by molar-refractivity contribution is -0.158. The Morgan fingerprint density at radius 2 is 2.00 bits per heavy atom. The lowest BCUT2D eigenvalue weighted by Crippen LogP contribution is -2.18. The maximum atomic E-state index is 11.5. The fourth-order valence-electron chi connectivity index (χ4n) is 1.43. The zero-order chi connectivity index (χ0) is 14.1. The van der Waals surface area contributed by atoms with Gasteiger partial charge in [-0.15, -0.1) is 0 Å². The molecule has 0 saturated heterocycles. The van der Waals surface area contributed by atoms with Crippen LogP contribution in [0.4, 0.5) is 5.69 Å². The predicted octanol–water partition coefficient (Wildman–Crippen LogP) is 1.70. The van der Waals surface area contributed by atoms with E-state index in [9.17, 15) is 9.59 Å². The van der Waals surface area contributed by atoms with Gasteiger partial charge in [-0.1, -0.05) is 25.5 Å². The van der Waals surface area contributed by atoms with E-state index in [0.29, 0.717) is 12.3 Å². The summed E-state index contributed by atoms with van der Waals surface area (Å²) in [5.74, 6) is -0.993. The summed E-state index contributed by atoms with van der Waals surface area (Å²) in [5.41, 5.74) is 6.94. The van der Waals surface area contributed by atoms with Crippen LogP contribution < -0.4 is 5.73 Å². The smallest absolute Gasteiger partial charge is 0.344 e. The molecule has 1 rings (SSSR count). The molecule has 0 spiro atoms. The molecule has 5 heteroatoms. The molecule has 2 N–H and O–H groups in total. The number of rotatable bonds is 7. The zero-order valence-corrected chi connectivity index (χ0v) is 11.1. The summed E-state index contributed by atoms with van der Waals surface area (Å²) in [4.78, 5) is 22.7. The van der Waals surface area contributed by atoms with E-state index in [4.69, 9.17) is 15.2 Å². The van der Waals surface area contributed by atoms with Crippen molar-refractivity contribution in [1.29, 1.82) is 0 Å². The summed E-state index contributed by atoms with van der Waals surface area (Å²) in [6.45, 7) is 2.02. The lowest BCUT2D eigenvalue weighted by atomic mass is 10.1. The Morgan fingerprint density at radius 3 is 2.68 bits per heavy atom. The van der Waals surface area contributed by atoms with Gasteiger partial charge in [-0.25, -0.2) is 4.79 Å². The van der Waals surface area contributed by atoms with Gasteiger partial charge >= 0.3 is 11.9 Å². The molecule has 5 nitrogen and oxygen atoms in total. The summed E-state index contributed by atoms with van der Waals surface area (Å²) in [7, 11) is 0. The summed E-state index contributed by atoms with van der Waals surface area (Å²) >= 11 is 0. The van der Waals surface area contributed by atoms with Gasteiger partial charge in [0.25, 0.3) is 0 Å². The minimum Gasteiger partial charge on any atom is -0.463 e. The Balaban J connectivity index is 2.26. The summed E-state index contributed by atoms with van der Waals surface area (Å²) < 4.78 is 9.69. The number of hydrogen-bond acceptors (Lipinski definition) is 5. The van der Waals surface area contributed by atoms with Crippen molar-refractivity contribution in [3.63, 3.8) is 0 Å². The van der Waals surface area contributed by atoms with Crippen molar-refractivity contribution in [1.82, 2.24) is 0 Å². The van der Waals surface area contributed by atoms with Gasteiger partial charge in [0.15, 0.2) is 6.61 Å². The molecule has 0 aliphatic rings. The first-order valence-corrected chi connectivity index (χ1v) is 6.27. The number of esters is 2. The van der Waals surface area contributed by atoms with Crippen LogP contribution in [0, 0.1) is 0 Å². The standard InChI is InChI=1S/C14H19NO4/c1-2-3-7-18-14(17)10-19-13(16)9-11-5-4-6-12(15)8-11/h4-6,8H,2-3,7,9-10,15H2,1H3. The zero-order valence-electron chi connectivity index (χ0n) is 11.1. The van der Waals surface area contributed by atoms with Gasteiger partial charge in [-0.3, -0.25) is 4.79 Å². The Kier molecular flexibility index (Phi) is 6.43. The van der Waals surface area contributed by atoms with Crippen LogP contribution >= 0.6 is 0 Å². The first-order valence-electron chi connectivity index (χ1n) is 6.27. The van der Waals surface area contributed by atoms with Crippen molar-refractivity contribution in [2.45, 2.75) is 26.2 Å². The van der Waals surface area contributed by atoms with Crippen molar-refractivity contribution >= 4 is 17.6 Å². The molecule has 0 aliphatic heterocycles. The van der Waals surface area contributed by atoms with Gasteiger partial charge < -0.3 is 15.2 Å². The molecule has 104 valence electrons. The fourth-order valence-corrected chi connectivity index (χ4v) is 1.43. The second-order valence-electron chi connectivity index (χ2n) is 4.16. The molecule has 0 radical (unpaired) electrons. The van der Waals surface area contributed by atoms with Crippen molar-refractivity contribution in [2.24, 2.45) is 0 Å². The monoisotopic (exact) mass is 265 g/mol. The number of anilines is 1. The van der Waals surface area contributed by atoms with Crippen LogP contribution in [0.3, 0.4) is 0 Å². The van der Waals surface area contributed by atoms with Crippen molar-refractivity contribution in [3.8, 4) is 0 Å². The quantitative estimate of drug-likeness (QED) is 0.461. The minimum absolute atomic E-state index is 0.0906. The third-order valence-corrected chi connectivity index (χ3v) is 2.41. The minimum atomic E-state index is -0.519. The third kappa shape index (κ3) is 6.45. The average Bonchev–Trinajstić information content (AvgIpc) is 2.37. The van der Waals surface area contributed by atoms with E-state index in [-0.39, 0.29) is 13.0 Å². The molecular formula is C14H19NO4. The highest BCUT2D eigenvalue weighted by atomic mass is 16.6. The molecule has 0 aliphatic carbocycles. The number of unbranched alkanes of at least 4 members (excludes halogenated alkanes) is 1. The van der Waals surface area contributed by atoms with Crippen LogP contribution in [0.2, 0.25) is 0 Å². The molecule has 0 bridgehead atoms. The maximum Gasteiger partial charge on any atom is 0.344 e. The first kappa shape index (κ1) is 15.0. The largest absolute Gasteiger partial charge is 0.463 e. The normalized spacial score (nSPS) is 9.95. The Bertz CT molecular complexity index is 431. The van der Waals surface area contributed by atoms with Crippen LogP contribution in [0.1, 0.15) is 25.3 Å². The van der Waals surface area contributed by atoms with Gasteiger partial charge in [-0.05, 0) is 24.1 Å². The molecule has 0 saturated carbocycles. The van der Waals surface area contributed by atoms with Crippen LogP contribution in [0.5, 0.6) is 0 Å². The molecule has 19 heavy (non-hydrogen) atoms. The van der Waals surface area contributed by atoms with Crippen LogP contribution in [0.15, 0.2) is 24.3 Å². The van der Waals surface area contributed by atoms with Crippen LogP contribution in [-0.2, 0) is 25.5 Å². The molecule has 0 fully saturated rings. The summed E-state index contributed by atoms with van der Waals surface area (Å²) in [6.07, 6.45) is 1.85. The van der Waals surface area contributed by atoms with Gasteiger partial charge in [-0.2, -0.15) is 0 Å². The van der Waals surface area contributed by atoms with Gasteiger partial charge in [0.1, 0.15) is 0 Å². The molecule has 1 aromatic carbocycles. The Labute approximate surface area is 112 Å². The molecule has 0 unspecified atom stereocenters. The number of carbonyl (C=O) groups is 2. The van der Waals surface area contributed by atoms with E-state index < -0.39 is 11.9 Å². The average molecular weight is 265 g/mol. The van der Waals surface area contributed by atoms with Gasteiger partial charge in [0.05, 0.1) is 13.0 Å². The summed E-state index contributed by atoms with van der Waals surface area (Å²) in [6, 6.07) is 6.97. The lowest BCUT2D eigenvalue weighted by Gasteiger charge is -2.06. The SMILES string of the molecule is CCCCOC(=O)COC(=O)Cc1cccc(N)c1. The van der Waals surface area contributed by atoms with Gasteiger partial charge in [0, 0.05) is 5.69 Å². The predicted molar refractivity (Wildman–Crippen MR) is 71.4 cm³/mol. The number of hydrogen-bond donors (Lipinski definition) is 1. The number of carbonyl (C=O) groups excluding carboxylic acids is 2. The van der Waals surface area contributed by atoms with E-state index in [0.717, 1.165) is 18.4 Å². The highest BCUT2D eigenvalue weighted by Gasteiger charge is 2.09. The molecule has 0 amide bonds. The number of nitrogens with two attached hydrogens (primary N) is 1. The van der Waals surface area contributed by atoms with E-state index in [1.165, 1.54) is 0 Å². The topological polar surface area (TPSA) is 78.6 Å². The molecular weight excluding hydrogens is 246 g/mol. The van der Waals surface area contributed by atoms with E-state index in [2.05, 4.69) is 0 Å². The second kappa shape index (κ2) is 8.13. The number of benzene rings is 1. The molecule has 0 atom stereocenters.